The van der Waals surface area contributed by atoms with Crippen LogP contribution in [0.4, 0.5) is 0 Å². The van der Waals surface area contributed by atoms with E-state index in [1.54, 1.807) is 18.4 Å². The number of hydrogen-bond donors (Lipinski definition) is 1. The molecule has 90 valence electrons. The molecule has 0 spiro atoms. The van der Waals surface area contributed by atoms with E-state index in [4.69, 9.17) is 4.74 Å². The molecule has 0 amide bonds. The Morgan fingerprint density at radius 3 is 2.88 bits per heavy atom. The van der Waals surface area contributed by atoms with Gasteiger partial charge in [-0.15, -0.1) is 11.3 Å². The lowest BCUT2D eigenvalue weighted by molar-refractivity contribution is 0.414. The van der Waals surface area contributed by atoms with E-state index >= 15 is 0 Å². The molecule has 2 aromatic rings. The molecule has 1 aromatic heterocycles. The Hall–Kier alpha value is -0.840. The van der Waals surface area contributed by atoms with Crippen LogP contribution >= 0.6 is 27.3 Å². The first-order valence-corrected chi connectivity index (χ1v) is 7.02. The molecular weight excluding hydrogens is 298 g/mol. The first kappa shape index (κ1) is 12.6. The van der Waals surface area contributed by atoms with Crippen molar-refractivity contribution in [2.45, 2.75) is 13.1 Å². The highest BCUT2D eigenvalue weighted by atomic mass is 79.9. The van der Waals surface area contributed by atoms with E-state index in [1.165, 1.54) is 10.4 Å². The summed E-state index contributed by atoms with van der Waals surface area (Å²) >= 11 is 5.32. The summed E-state index contributed by atoms with van der Waals surface area (Å²) in [7, 11) is 1.69. The van der Waals surface area contributed by atoms with Gasteiger partial charge in [0.15, 0.2) is 0 Å². The fraction of sp³-hybridized carbons (Fsp3) is 0.231. The highest BCUT2D eigenvalue weighted by Crippen LogP contribution is 2.22. The van der Waals surface area contributed by atoms with Gasteiger partial charge in [-0.2, -0.15) is 0 Å². The molecule has 0 aliphatic rings. The van der Waals surface area contributed by atoms with Crippen LogP contribution in [0.5, 0.6) is 5.75 Å². The second kappa shape index (κ2) is 6.19. The highest BCUT2D eigenvalue weighted by molar-refractivity contribution is 9.10. The minimum Gasteiger partial charge on any atom is -0.497 e. The lowest BCUT2D eigenvalue weighted by Gasteiger charge is -2.08. The maximum atomic E-state index is 5.22. The van der Waals surface area contributed by atoms with Crippen molar-refractivity contribution in [1.82, 2.24) is 5.32 Å². The van der Waals surface area contributed by atoms with Crippen molar-refractivity contribution >= 4 is 27.3 Å². The smallest absolute Gasteiger partial charge is 0.119 e. The van der Waals surface area contributed by atoms with Crippen LogP contribution in [0.2, 0.25) is 0 Å². The third-order valence-electron chi connectivity index (χ3n) is 2.45. The molecule has 1 N–H and O–H groups in total. The minimum atomic E-state index is 0.829. The Balaban J connectivity index is 1.94. The molecular formula is C13H14BrNOS. The standard InChI is InChI=1S/C13H14BrNOS/c1-16-11-4-5-13(14)10(7-11)8-15-9-12-3-2-6-17-12/h2-7,15H,8-9H2,1H3. The molecule has 0 bridgehead atoms. The molecule has 2 nitrogen and oxygen atoms in total. The number of thiophene rings is 1. The Morgan fingerprint density at radius 1 is 1.29 bits per heavy atom. The Labute approximate surface area is 114 Å². The molecule has 0 fully saturated rings. The largest absolute Gasteiger partial charge is 0.497 e. The van der Waals surface area contributed by atoms with Crippen molar-refractivity contribution in [3.63, 3.8) is 0 Å². The zero-order valence-corrected chi connectivity index (χ0v) is 12.0. The van der Waals surface area contributed by atoms with Gasteiger partial charge in [-0.05, 0) is 35.2 Å². The molecule has 0 saturated carbocycles. The summed E-state index contributed by atoms with van der Waals surface area (Å²) in [5, 5.41) is 5.52. The summed E-state index contributed by atoms with van der Waals surface area (Å²) in [6, 6.07) is 10.2. The number of methoxy groups -OCH3 is 1. The molecule has 2 rings (SSSR count). The first-order chi connectivity index (χ1) is 8.29. The zero-order valence-electron chi connectivity index (χ0n) is 9.57. The van der Waals surface area contributed by atoms with E-state index in [0.29, 0.717) is 0 Å². The number of hydrogen-bond acceptors (Lipinski definition) is 3. The van der Waals surface area contributed by atoms with E-state index in [0.717, 1.165) is 23.3 Å². The van der Waals surface area contributed by atoms with Crippen LogP contribution in [-0.2, 0) is 13.1 Å². The topological polar surface area (TPSA) is 21.3 Å². The van der Waals surface area contributed by atoms with E-state index in [2.05, 4.69) is 38.8 Å². The summed E-state index contributed by atoms with van der Waals surface area (Å²) in [6.45, 7) is 1.73. The fourth-order valence-corrected chi connectivity index (χ4v) is 2.61. The van der Waals surface area contributed by atoms with Crippen LogP contribution in [0, 0.1) is 0 Å². The van der Waals surface area contributed by atoms with Crippen molar-refractivity contribution in [3.8, 4) is 5.75 Å². The van der Waals surface area contributed by atoms with E-state index in [1.807, 2.05) is 18.2 Å². The maximum absolute atomic E-state index is 5.22. The highest BCUT2D eigenvalue weighted by Gasteiger charge is 2.02. The SMILES string of the molecule is COc1ccc(Br)c(CNCc2cccs2)c1. The van der Waals surface area contributed by atoms with Crippen LogP contribution in [0.15, 0.2) is 40.2 Å². The lowest BCUT2D eigenvalue weighted by Crippen LogP contribution is -2.12. The van der Waals surface area contributed by atoms with Gasteiger partial charge < -0.3 is 10.1 Å². The van der Waals surface area contributed by atoms with Gasteiger partial charge in [0.2, 0.25) is 0 Å². The molecule has 0 atom stereocenters. The summed E-state index contributed by atoms with van der Waals surface area (Å²) in [6.07, 6.45) is 0. The predicted molar refractivity (Wildman–Crippen MR) is 75.6 cm³/mol. The van der Waals surface area contributed by atoms with Crippen LogP contribution < -0.4 is 10.1 Å². The molecule has 1 heterocycles. The van der Waals surface area contributed by atoms with Gasteiger partial charge in [0, 0.05) is 22.4 Å². The van der Waals surface area contributed by atoms with E-state index in [9.17, 15) is 0 Å². The molecule has 1 aromatic carbocycles. The average Bonchev–Trinajstić information content (AvgIpc) is 2.84. The van der Waals surface area contributed by atoms with Crippen LogP contribution in [-0.4, -0.2) is 7.11 Å². The summed E-state index contributed by atoms with van der Waals surface area (Å²) in [5.41, 5.74) is 1.21. The second-order valence-corrected chi connectivity index (χ2v) is 5.53. The van der Waals surface area contributed by atoms with E-state index < -0.39 is 0 Å². The fourth-order valence-electron chi connectivity index (χ4n) is 1.55. The van der Waals surface area contributed by atoms with Crippen molar-refractivity contribution < 1.29 is 4.74 Å². The maximum Gasteiger partial charge on any atom is 0.119 e. The third kappa shape index (κ3) is 3.56. The van der Waals surface area contributed by atoms with Gasteiger partial charge in [0.05, 0.1) is 7.11 Å². The lowest BCUT2D eigenvalue weighted by atomic mass is 10.2. The molecule has 0 radical (unpaired) electrons. The number of halogens is 1. The predicted octanol–water partition coefficient (Wildman–Crippen LogP) is 3.81. The van der Waals surface area contributed by atoms with Gasteiger partial charge in [-0.3, -0.25) is 0 Å². The summed E-state index contributed by atoms with van der Waals surface area (Å²) in [4.78, 5) is 1.35. The van der Waals surface area contributed by atoms with Crippen molar-refractivity contribution in [3.05, 3.63) is 50.6 Å². The van der Waals surface area contributed by atoms with Crippen LogP contribution in [0.1, 0.15) is 10.4 Å². The molecule has 0 saturated heterocycles. The number of rotatable bonds is 5. The monoisotopic (exact) mass is 311 g/mol. The van der Waals surface area contributed by atoms with E-state index in [-0.39, 0.29) is 0 Å². The third-order valence-corrected chi connectivity index (χ3v) is 4.10. The van der Waals surface area contributed by atoms with Gasteiger partial charge >= 0.3 is 0 Å². The summed E-state index contributed by atoms with van der Waals surface area (Å²) < 4.78 is 6.32. The minimum absolute atomic E-state index is 0.829. The summed E-state index contributed by atoms with van der Waals surface area (Å²) in [5.74, 6) is 0.890. The molecule has 0 aliphatic carbocycles. The Bertz CT molecular complexity index is 470. The molecule has 4 heteroatoms. The van der Waals surface area contributed by atoms with Gasteiger partial charge in [-0.1, -0.05) is 22.0 Å². The quantitative estimate of drug-likeness (QED) is 0.906. The van der Waals surface area contributed by atoms with Crippen molar-refractivity contribution in [2.75, 3.05) is 7.11 Å². The number of benzene rings is 1. The number of nitrogens with one attached hydrogen (secondary N) is 1. The molecule has 17 heavy (non-hydrogen) atoms. The molecule has 0 unspecified atom stereocenters. The van der Waals surface area contributed by atoms with Gasteiger partial charge in [-0.25, -0.2) is 0 Å². The van der Waals surface area contributed by atoms with Crippen molar-refractivity contribution in [2.24, 2.45) is 0 Å². The number of ether oxygens (including phenoxy) is 1. The average molecular weight is 312 g/mol. The second-order valence-electron chi connectivity index (χ2n) is 3.64. The van der Waals surface area contributed by atoms with Crippen molar-refractivity contribution in [1.29, 1.82) is 0 Å². The van der Waals surface area contributed by atoms with Gasteiger partial charge in [0.25, 0.3) is 0 Å². The Kier molecular flexibility index (Phi) is 4.59. The van der Waals surface area contributed by atoms with Crippen LogP contribution in [0.25, 0.3) is 0 Å². The first-order valence-electron chi connectivity index (χ1n) is 5.35. The molecule has 0 aliphatic heterocycles. The Morgan fingerprint density at radius 2 is 2.18 bits per heavy atom. The van der Waals surface area contributed by atoms with Gasteiger partial charge in [0.1, 0.15) is 5.75 Å². The normalized spacial score (nSPS) is 10.5. The van der Waals surface area contributed by atoms with Crippen LogP contribution in [0.3, 0.4) is 0 Å². The zero-order chi connectivity index (χ0) is 12.1.